The Hall–Kier alpha value is -1.63. The quantitative estimate of drug-likeness (QED) is 0.767. The summed E-state index contributed by atoms with van der Waals surface area (Å²) in [7, 11) is 1.31. The van der Waals surface area contributed by atoms with Gasteiger partial charge in [0.05, 0.1) is 13.3 Å². The summed E-state index contributed by atoms with van der Waals surface area (Å²) < 4.78 is 4.57. The normalized spacial score (nSPS) is 11.0. The van der Waals surface area contributed by atoms with Crippen molar-refractivity contribution in [3.63, 3.8) is 0 Å². The zero-order valence-corrected chi connectivity index (χ0v) is 10.8. The Kier molecular flexibility index (Phi) is 4.06. The molecule has 0 unspecified atom stereocenters. The van der Waals surface area contributed by atoms with E-state index in [-0.39, 0.29) is 6.42 Å². The maximum absolute atomic E-state index is 11.2. The molecule has 0 aliphatic heterocycles. The maximum Gasteiger partial charge on any atom is 0.349 e. The number of nitrogens with two attached hydrogens (primary N) is 1. The summed E-state index contributed by atoms with van der Waals surface area (Å²) >= 11 is 1.17. The molecule has 0 atom stereocenters. The maximum atomic E-state index is 11.2. The molecular formula is C10H15N3O3S. The van der Waals surface area contributed by atoms with Crippen LogP contribution in [0.15, 0.2) is 6.20 Å². The Morgan fingerprint density at radius 3 is 2.76 bits per heavy atom. The van der Waals surface area contributed by atoms with Gasteiger partial charge in [-0.05, 0) is 13.8 Å². The molecule has 7 heteroatoms. The second-order valence-electron chi connectivity index (χ2n) is 4.17. The molecule has 0 fully saturated rings. The van der Waals surface area contributed by atoms with Gasteiger partial charge in [-0.3, -0.25) is 4.79 Å². The summed E-state index contributed by atoms with van der Waals surface area (Å²) in [5.74, 6) is -0.824. The van der Waals surface area contributed by atoms with Crippen molar-refractivity contribution in [2.75, 3.05) is 12.4 Å². The van der Waals surface area contributed by atoms with Gasteiger partial charge in [0, 0.05) is 12.0 Å². The molecule has 0 bridgehead atoms. The van der Waals surface area contributed by atoms with Crippen LogP contribution in [-0.2, 0) is 9.53 Å². The number of rotatable bonds is 5. The Labute approximate surface area is 103 Å². The third kappa shape index (κ3) is 4.03. The lowest BCUT2D eigenvalue weighted by atomic mass is 10.0. The van der Waals surface area contributed by atoms with E-state index in [1.807, 2.05) is 13.8 Å². The average Bonchev–Trinajstić information content (AvgIpc) is 2.61. The van der Waals surface area contributed by atoms with Gasteiger partial charge < -0.3 is 15.8 Å². The van der Waals surface area contributed by atoms with Crippen LogP contribution >= 0.6 is 11.3 Å². The Morgan fingerprint density at radius 2 is 2.24 bits per heavy atom. The van der Waals surface area contributed by atoms with Crippen molar-refractivity contribution in [1.82, 2.24) is 4.98 Å². The van der Waals surface area contributed by atoms with Crippen molar-refractivity contribution in [2.45, 2.75) is 25.8 Å². The molecule has 1 aromatic heterocycles. The van der Waals surface area contributed by atoms with Crippen LogP contribution in [0, 0.1) is 0 Å². The molecule has 1 rings (SSSR count). The number of hydrogen-bond acceptors (Lipinski definition) is 6. The molecule has 0 aromatic carbocycles. The molecule has 1 amide bonds. The van der Waals surface area contributed by atoms with Crippen molar-refractivity contribution < 1.29 is 14.3 Å². The number of aromatic nitrogens is 1. The van der Waals surface area contributed by atoms with Gasteiger partial charge in [-0.1, -0.05) is 11.3 Å². The fourth-order valence-corrected chi connectivity index (χ4v) is 2.21. The third-order valence-corrected chi connectivity index (χ3v) is 2.85. The zero-order valence-electron chi connectivity index (χ0n) is 9.94. The van der Waals surface area contributed by atoms with Gasteiger partial charge >= 0.3 is 5.97 Å². The van der Waals surface area contributed by atoms with Crippen molar-refractivity contribution in [3.8, 4) is 0 Å². The highest BCUT2D eigenvalue weighted by molar-refractivity contribution is 7.17. The molecule has 0 aliphatic carbocycles. The predicted octanol–water partition coefficient (Wildman–Crippen LogP) is 0.996. The van der Waals surface area contributed by atoms with E-state index >= 15 is 0 Å². The lowest BCUT2D eigenvalue weighted by molar-refractivity contribution is -0.118. The summed E-state index contributed by atoms with van der Waals surface area (Å²) in [4.78, 5) is 26.5. The monoisotopic (exact) mass is 257 g/mol. The SMILES string of the molecule is COC(=O)c1cnc(NC(C)(C)CC(N)=O)s1. The lowest BCUT2D eigenvalue weighted by Crippen LogP contribution is -2.35. The first-order valence-corrected chi connectivity index (χ1v) is 5.76. The minimum atomic E-state index is -0.503. The first kappa shape index (κ1) is 13.4. The van der Waals surface area contributed by atoms with E-state index in [9.17, 15) is 9.59 Å². The second-order valence-corrected chi connectivity index (χ2v) is 5.20. The molecule has 17 heavy (non-hydrogen) atoms. The van der Waals surface area contributed by atoms with E-state index in [4.69, 9.17) is 5.73 Å². The fourth-order valence-electron chi connectivity index (χ4n) is 1.30. The van der Waals surface area contributed by atoms with E-state index in [0.717, 1.165) is 0 Å². The third-order valence-electron chi connectivity index (χ3n) is 1.95. The number of primary amides is 1. The average molecular weight is 257 g/mol. The molecule has 0 saturated carbocycles. The number of nitrogens with one attached hydrogen (secondary N) is 1. The van der Waals surface area contributed by atoms with Gasteiger partial charge in [0.25, 0.3) is 0 Å². The van der Waals surface area contributed by atoms with Crippen molar-refractivity contribution in [3.05, 3.63) is 11.1 Å². The van der Waals surface area contributed by atoms with E-state index in [1.165, 1.54) is 24.6 Å². The van der Waals surface area contributed by atoms with Gasteiger partial charge in [-0.2, -0.15) is 0 Å². The van der Waals surface area contributed by atoms with E-state index < -0.39 is 17.4 Å². The summed E-state index contributed by atoms with van der Waals surface area (Å²) in [6, 6.07) is 0. The van der Waals surface area contributed by atoms with Gasteiger partial charge in [-0.25, -0.2) is 9.78 Å². The zero-order chi connectivity index (χ0) is 13.1. The molecule has 94 valence electrons. The minimum absolute atomic E-state index is 0.181. The van der Waals surface area contributed by atoms with Crippen LogP contribution in [0.5, 0.6) is 0 Å². The number of methoxy groups -OCH3 is 1. The topological polar surface area (TPSA) is 94.3 Å². The molecule has 6 nitrogen and oxygen atoms in total. The highest BCUT2D eigenvalue weighted by atomic mass is 32.1. The van der Waals surface area contributed by atoms with Crippen molar-refractivity contribution in [2.24, 2.45) is 5.73 Å². The number of esters is 1. The largest absolute Gasteiger partial charge is 0.465 e. The highest BCUT2D eigenvalue weighted by Crippen LogP contribution is 2.23. The summed E-state index contributed by atoms with van der Waals surface area (Å²) in [5.41, 5.74) is 4.63. The Morgan fingerprint density at radius 1 is 1.59 bits per heavy atom. The molecular weight excluding hydrogens is 242 g/mol. The molecule has 1 aromatic rings. The lowest BCUT2D eigenvalue weighted by Gasteiger charge is -2.24. The molecule has 0 radical (unpaired) electrons. The van der Waals surface area contributed by atoms with Crippen molar-refractivity contribution in [1.29, 1.82) is 0 Å². The van der Waals surface area contributed by atoms with E-state index in [0.29, 0.717) is 10.0 Å². The fraction of sp³-hybridized carbons (Fsp3) is 0.500. The second kappa shape index (κ2) is 5.13. The number of anilines is 1. The van der Waals surface area contributed by atoms with Crippen LogP contribution in [0.2, 0.25) is 0 Å². The van der Waals surface area contributed by atoms with E-state index in [1.54, 1.807) is 0 Å². The summed E-state index contributed by atoms with van der Waals surface area (Å²) in [5, 5.41) is 3.60. The number of hydrogen-bond donors (Lipinski definition) is 2. The number of amides is 1. The molecule has 0 spiro atoms. The van der Waals surface area contributed by atoms with Crippen LogP contribution < -0.4 is 11.1 Å². The predicted molar refractivity (Wildman–Crippen MR) is 65.0 cm³/mol. The smallest absolute Gasteiger partial charge is 0.349 e. The van der Waals surface area contributed by atoms with Crippen LogP contribution in [0.3, 0.4) is 0 Å². The van der Waals surface area contributed by atoms with Gasteiger partial charge in [0.2, 0.25) is 5.91 Å². The first-order valence-electron chi connectivity index (χ1n) is 4.95. The standard InChI is InChI=1S/C10H15N3O3S/c1-10(2,4-7(11)14)13-9-12-5-6(17-9)8(15)16-3/h5H,4H2,1-3H3,(H2,11,14)(H,12,13). The summed E-state index contributed by atoms with van der Waals surface area (Å²) in [6.45, 7) is 3.66. The molecule has 1 heterocycles. The van der Waals surface area contributed by atoms with Crippen LogP contribution in [0.1, 0.15) is 29.9 Å². The number of ether oxygens (including phenoxy) is 1. The molecule has 0 aliphatic rings. The number of thiazole rings is 1. The van der Waals surface area contributed by atoms with Gasteiger partial charge in [0.1, 0.15) is 4.88 Å². The van der Waals surface area contributed by atoms with Crippen LogP contribution in [0.25, 0.3) is 0 Å². The van der Waals surface area contributed by atoms with Crippen LogP contribution in [-0.4, -0.2) is 29.5 Å². The summed E-state index contributed by atoms with van der Waals surface area (Å²) in [6.07, 6.45) is 1.61. The highest BCUT2D eigenvalue weighted by Gasteiger charge is 2.22. The first-order chi connectivity index (χ1) is 7.84. The van der Waals surface area contributed by atoms with Crippen LogP contribution in [0.4, 0.5) is 5.13 Å². The molecule has 3 N–H and O–H groups in total. The van der Waals surface area contributed by atoms with E-state index in [2.05, 4.69) is 15.0 Å². The Bertz CT molecular complexity index is 428. The number of carbonyl (C=O) groups excluding carboxylic acids is 2. The number of carbonyl (C=O) groups is 2. The minimum Gasteiger partial charge on any atom is -0.465 e. The Balaban J connectivity index is 2.72. The van der Waals surface area contributed by atoms with Gasteiger partial charge in [-0.15, -0.1) is 0 Å². The molecule has 0 saturated heterocycles. The number of nitrogens with zero attached hydrogens (tertiary/aromatic N) is 1. The van der Waals surface area contributed by atoms with Crippen molar-refractivity contribution >= 4 is 28.3 Å². The van der Waals surface area contributed by atoms with Gasteiger partial charge in [0.15, 0.2) is 5.13 Å².